The second-order valence-corrected chi connectivity index (χ2v) is 14.3. The number of hydrogen-bond acceptors (Lipinski definition) is 0. The molecule has 0 amide bonds. The van der Waals surface area contributed by atoms with E-state index in [2.05, 4.69) is 104 Å². The molecule has 0 spiro atoms. The van der Waals surface area contributed by atoms with Gasteiger partial charge in [0, 0.05) is 17.1 Å². The van der Waals surface area contributed by atoms with Crippen molar-refractivity contribution in [2.45, 2.75) is 78.0 Å². The fourth-order valence-electron chi connectivity index (χ4n) is 3.46. The van der Waals surface area contributed by atoms with Crippen LogP contribution < -0.4 is 10.6 Å². The Morgan fingerprint density at radius 3 is 1.32 bits per heavy atom. The van der Waals surface area contributed by atoms with Crippen LogP contribution in [0.3, 0.4) is 0 Å². The average Bonchev–Trinajstić information content (AvgIpc) is 3.11. The van der Waals surface area contributed by atoms with E-state index in [1.54, 1.807) is 10.6 Å². The van der Waals surface area contributed by atoms with Crippen molar-refractivity contribution in [3.63, 3.8) is 0 Å². The van der Waals surface area contributed by atoms with Crippen LogP contribution in [-0.2, 0) is 17.1 Å². The summed E-state index contributed by atoms with van der Waals surface area (Å²) >= 11 is 0. The van der Waals surface area contributed by atoms with E-state index in [-0.39, 0.29) is 32.9 Å². The van der Waals surface area contributed by atoms with Crippen molar-refractivity contribution in [3.8, 4) is 0 Å². The van der Waals surface area contributed by atoms with Gasteiger partial charge >= 0.3 is 0 Å². The standard InChI is InChI=1S/2C11H18P.Fe/c2*1-9(2)12(10(3)4)11-7-5-6-8-11;/h2*5-10H,1-4H3;/q-5;-1;. The minimum atomic E-state index is 0. The quantitative estimate of drug-likeness (QED) is 0.280. The van der Waals surface area contributed by atoms with Crippen LogP contribution in [0.25, 0.3) is 0 Å². The molecule has 0 aromatic heterocycles. The van der Waals surface area contributed by atoms with Gasteiger partial charge in [-0.05, 0) is 11.3 Å². The fourth-order valence-corrected chi connectivity index (χ4v) is 9.26. The summed E-state index contributed by atoms with van der Waals surface area (Å²) in [7, 11) is 0.127. The van der Waals surface area contributed by atoms with E-state index in [9.17, 15) is 0 Å². The van der Waals surface area contributed by atoms with Crippen molar-refractivity contribution < 1.29 is 17.1 Å². The molecule has 0 heterocycles. The third-order valence-electron chi connectivity index (χ3n) is 4.11. The molecule has 0 N–H and O–H groups in total. The van der Waals surface area contributed by atoms with Crippen LogP contribution in [0, 0.1) is 0 Å². The van der Waals surface area contributed by atoms with Crippen molar-refractivity contribution in [1.82, 2.24) is 0 Å². The predicted octanol–water partition coefficient (Wildman–Crippen LogP) is 6.66. The van der Waals surface area contributed by atoms with E-state index in [4.69, 9.17) is 0 Å². The molecule has 0 saturated heterocycles. The van der Waals surface area contributed by atoms with E-state index in [1.807, 2.05) is 0 Å². The van der Waals surface area contributed by atoms with E-state index in [1.165, 1.54) is 0 Å². The Morgan fingerprint density at radius 1 is 0.640 bits per heavy atom. The van der Waals surface area contributed by atoms with Gasteiger partial charge in [0.05, 0.1) is 0 Å². The molecule has 2 aromatic carbocycles. The average molecular weight is 418 g/mol. The van der Waals surface area contributed by atoms with Gasteiger partial charge in [0.15, 0.2) is 0 Å². The SMILES string of the molecule is CC(C)P([c-]1[cH-][cH-][cH-][cH-]1)C(C)C.CC(C)P([c-]1cccc1)C(C)C.[Fe]. The molecule has 0 fully saturated rings. The van der Waals surface area contributed by atoms with Crippen LogP contribution in [0.5, 0.6) is 0 Å². The first-order chi connectivity index (χ1) is 11.3. The molecule has 25 heavy (non-hydrogen) atoms. The molecule has 0 aliphatic carbocycles. The van der Waals surface area contributed by atoms with Crippen molar-refractivity contribution >= 4 is 26.5 Å². The molecular formula is C22H36FeP2-6. The Morgan fingerprint density at radius 2 is 1.00 bits per heavy atom. The first-order valence-corrected chi connectivity index (χ1v) is 12.2. The molecule has 0 saturated carbocycles. The molecule has 0 aliphatic rings. The van der Waals surface area contributed by atoms with Crippen LogP contribution in [0.15, 0.2) is 48.5 Å². The minimum absolute atomic E-state index is 0. The molecule has 0 nitrogen and oxygen atoms in total. The number of hydrogen-bond donors (Lipinski definition) is 0. The Kier molecular flexibility index (Phi) is 12.5. The topological polar surface area (TPSA) is 0 Å². The van der Waals surface area contributed by atoms with Crippen LogP contribution in [-0.4, -0.2) is 22.6 Å². The zero-order valence-corrected chi connectivity index (χ0v) is 20.1. The van der Waals surface area contributed by atoms with Gasteiger partial charge in [-0.1, -0.05) is 66.7 Å². The second kappa shape index (κ2) is 12.5. The van der Waals surface area contributed by atoms with Gasteiger partial charge in [0.25, 0.3) is 0 Å². The van der Waals surface area contributed by atoms with Gasteiger partial charge in [0.1, 0.15) is 0 Å². The van der Waals surface area contributed by atoms with Gasteiger partial charge in [-0.25, -0.2) is 12.1 Å². The van der Waals surface area contributed by atoms with Gasteiger partial charge in [-0.15, -0.1) is 13.2 Å². The third-order valence-corrected chi connectivity index (χ3v) is 10.4. The van der Waals surface area contributed by atoms with Crippen molar-refractivity contribution in [2.24, 2.45) is 0 Å². The predicted molar refractivity (Wildman–Crippen MR) is 118 cm³/mol. The fraction of sp³-hybridized carbons (Fsp3) is 0.545. The largest absolute Gasteiger partial charge is 0.747 e. The van der Waals surface area contributed by atoms with Crippen LogP contribution in [0.4, 0.5) is 0 Å². The summed E-state index contributed by atoms with van der Waals surface area (Å²) in [5.74, 6) is 0. The summed E-state index contributed by atoms with van der Waals surface area (Å²) in [6.07, 6.45) is 0. The molecule has 0 atom stereocenters. The molecule has 0 aliphatic heterocycles. The Bertz CT molecular complexity index is 458. The van der Waals surface area contributed by atoms with Crippen molar-refractivity contribution in [1.29, 1.82) is 0 Å². The maximum Gasteiger partial charge on any atom is 0 e. The maximum absolute atomic E-state index is 2.33. The second-order valence-electron chi connectivity index (χ2n) is 7.48. The smallest absolute Gasteiger partial charge is 0 e. The Hall–Kier alpha value is 0.0795. The molecule has 148 valence electrons. The molecule has 2 rings (SSSR count). The molecule has 3 heteroatoms. The van der Waals surface area contributed by atoms with E-state index in [0.717, 1.165) is 22.6 Å². The van der Waals surface area contributed by atoms with Gasteiger partial charge in [-0.3, -0.25) is 0 Å². The zero-order valence-electron chi connectivity index (χ0n) is 17.2. The monoisotopic (exact) mass is 418 g/mol. The Balaban J connectivity index is 0.000000443. The van der Waals surface area contributed by atoms with Gasteiger partial charge in [-0.2, -0.15) is 12.1 Å². The van der Waals surface area contributed by atoms with Crippen LogP contribution in [0.1, 0.15) is 55.4 Å². The van der Waals surface area contributed by atoms with E-state index >= 15 is 0 Å². The molecule has 0 bridgehead atoms. The van der Waals surface area contributed by atoms with E-state index in [0.29, 0.717) is 0 Å². The first kappa shape index (κ1) is 25.1. The molecule has 2 aromatic rings. The van der Waals surface area contributed by atoms with Crippen molar-refractivity contribution in [3.05, 3.63) is 48.5 Å². The molecular weight excluding hydrogens is 382 g/mol. The summed E-state index contributed by atoms with van der Waals surface area (Å²) in [6.45, 7) is 18.7. The number of rotatable bonds is 6. The van der Waals surface area contributed by atoms with Crippen LogP contribution >= 0.6 is 15.8 Å². The minimum Gasteiger partial charge on any atom is -0.747 e. The zero-order chi connectivity index (χ0) is 18.3. The van der Waals surface area contributed by atoms with Gasteiger partial charge in [0.2, 0.25) is 0 Å². The van der Waals surface area contributed by atoms with Crippen LogP contribution in [0.2, 0.25) is 0 Å². The van der Waals surface area contributed by atoms with Gasteiger partial charge < -0.3 is 37.5 Å². The first-order valence-electron chi connectivity index (χ1n) is 9.25. The Labute approximate surface area is 169 Å². The summed E-state index contributed by atoms with van der Waals surface area (Å²) in [4.78, 5) is 0. The summed E-state index contributed by atoms with van der Waals surface area (Å²) in [5, 5.41) is 3.13. The molecule has 0 radical (unpaired) electrons. The van der Waals surface area contributed by atoms with E-state index < -0.39 is 0 Å². The summed E-state index contributed by atoms with van der Waals surface area (Å²) in [5.41, 5.74) is 3.23. The summed E-state index contributed by atoms with van der Waals surface area (Å²) < 4.78 is 0. The molecule has 0 unspecified atom stereocenters. The normalized spacial score (nSPS) is 11.4. The third kappa shape index (κ3) is 8.10. The van der Waals surface area contributed by atoms with Crippen molar-refractivity contribution in [2.75, 3.05) is 0 Å². The summed E-state index contributed by atoms with van der Waals surface area (Å²) in [6, 6.07) is 17.7. The maximum atomic E-state index is 2.33.